The number of aromatic nitrogens is 6. The summed E-state index contributed by atoms with van der Waals surface area (Å²) in [6.45, 7) is 1.39. The van der Waals surface area contributed by atoms with E-state index in [1.807, 2.05) is 0 Å². The first-order chi connectivity index (χ1) is 20.6. The summed E-state index contributed by atoms with van der Waals surface area (Å²) in [7, 11) is 0. The number of carbonyl (C=O) groups excluding carboxylic acids is 2. The zero-order chi connectivity index (χ0) is 30.4. The summed E-state index contributed by atoms with van der Waals surface area (Å²) in [6, 6.07) is 5.22. The van der Waals surface area contributed by atoms with E-state index < -0.39 is 6.36 Å². The summed E-state index contributed by atoms with van der Waals surface area (Å²) in [5, 5.41) is 27.2. The quantitative estimate of drug-likeness (QED) is 0.211. The highest BCUT2D eigenvalue weighted by atomic mass is 35.5. The summed E-state index contributed by atoms with van der Waals surface area (Å²) < 4.78 is 40.8. The lowest BCUT2D eigenvalue weighted by Crippen LogP contribution is -2.39. The molecule has 43 heavy (non-hydrogen) atoms. The van der Waals surface area contributed by atoms with Crippen LogP contribution < -0.4 is 25.6 Å². The van der Waals surface area contributed by atoms with Crippen molar-refractivity contribution >= 4 is 66.6 Å². The van der Waals surface area contributed by atoms with Crippen LogP contribution in [0.2, 0.25) is 5.28 Å². The molecule has 0 spiro atoms. The largest absolute Gasteiger partial charge is 0.573 e. The molecule has 1 saturated heterocycles. The molecular weight excluding hydrogens is 633 g/mol. The third-order valence-electron chi connectivity index (χ3n) is 5.99. The topological polar surface area (TPSA) is 160 Å². The van der Waals surface area contributed by atoms with E-state index in [-0.39, 0.29) is 41.7 Å². The van der Waals surface area contributed by atoms with Gasteiger partial charge in [0.05, 0.1) is 12.8 Å². The van der Waals surface area contributed by atoms with Gasteiger partial charge >= 0.3 is 6.36 Å². The van der Waals surface area contributed by atoms with Crippen LogP contribution >= 0.6 is 34.3 Å². The second-order valence-corrected chi connectivity index (χ2v) is 11.5. The van der Waals surface area contributed by atoms with Gasteiger partial charge in [-0.25, -0.2) is 9.97 Å². The lowest BCUT2D eigenvalue weighted by molar-refractivity contribution is -0.274. The van der Waals surface area contributed by atoms with E-state index in [2.05, 4.69) is 55.9 Å². The van der Waals surface area contributed by atoms with Crippen molar-refractivity contribution in [3.63, 3.8) is 0 Å². The Hall–Kier alpha value is -4.16. The van der Waals surface area contributed by atoms with Gasteiger partial charge < -0.3 is 25.6 Å². The van der Waals surface area contributed by atoms with Gasteiger partial charge in [0.15, 0.2) is 0 Å². The second kappa shape index (κ2) is 13.4. The first kappa shape index (κ1) is 30.3. The van der Waals surface area contributed by atoms with Crippen LogP contribution in [0, 0.1) is 0 Å². The maximum atomic E-state index is 12.4. The Balaban J connectivity index is 1.04. The predicted octanol–water partition coefficient (Wildman–Crippen LogP) is 4.17. The first-order valence-corrected chi connectivity index (χ1v) is 14.7. The number of benzene rings is 1. The fourth-order valence-corrected chi connectivity index (χ4v) is 5.70. The number of halogens is 4. The first-order valence-electron chi connectivity index (χ1n) is 12.7. The van der Waals surface area contributed by atoms with Crippen molar-refractivity contribution in [3.05, 3.63) is 53.1 Å². The molecular formula is C24H22ClF3N10O3S2. The van der Waals surface area contributed by atoms with E-state index in [0.29, 0.717) is 44.7 Å². The predicted molar refractivity (Wildman–Crippen MR) is 154 cm³/mol. The number of alkyl halides is 3. The second-order valence-electron chi connectivity index (χ2n) is 9.21. The zero-order valence-corrected chi connectivity index (χ0v) is 24.4. The van der Waals surface area contributed by atoms with Crippen molar-refractivity contribution in [1.29, 1.82) is 0 Å². The standard InChI is InChI=1S/C24H22ClF3N10O3S2/c25-19-29-11-14(12-30-19)10-18(40)32-21-35-34-20(42-21)31-15-5-7-38(8-6-15)23-37-36-22(43-23)33-17(39)9-13-1-3-16(4-2-13)41-24(26,27)28/h1-4,11-12,15H,5-10H2,(H,31,34)(H,32,35,40)(H,33,36,39). The fraction of sp³-hybridized carbons (Fsp3) is 0.333. The van der Waals surface area contributed by atoms with Gasteiger partial charge in [-0.3, -0.25) is 9.59 Å². The van der Waals surface area contributed by atoms with Crippen molar-refractivity contribution in [1.82, 2.24) is 30.4 Å². The number of amides is 2. The Morgan fingerprint density at radius 3 is 2.12 bits per heavy atom. The molecule has 2 amide bonds. The Labute approximate surface area is 254 Å². The van der Waals surface area contributed by atoms with E-state index in [9.17, 15) is 22.8 Å². The minimum absolute atomic E-state index is 0.0490. The van der Waals surface area contributed by atoms with Crippen LogP contribution in [0.4, 0.5) is 33.7 Å². The van der Waals surface area contributed by atoms with E-state index in [1.165, 1.54) is 47.2 Å². The molecule has 1 fully saturated rings. The number of anilines is 4. The van der Waals surface area contributed by atoms with Gasteiger partial charge in [-0.2, -0.15) is 0 Å². The monoisotopic (exact) mass is 654 g/mol. The zero-order valence-electron chi connectivity index (χ0n) is 22.0. The Morgan fingerprint density at radius 2 is 1.47 bits per heavy atom. The Bertz CT molecular complexity index is 1550. The van der Waals surface area contributed by atoms with Crippen molar-refractivity contribution in [2.24, 2.45) is 0 Å². The molecule has 1 aliphatic heterocycles. The van der Waals surface area contributed by atoms with E-state index in [4.69, 9.17) is 11.6 Å². The molecule has 0 aliphatic carbocycles. The molecule has 4 heterocycles. The van der Waals surface area contributed by atoms with Gasteiger partial charge in [0.1, 0.15) is 5.75 Å². The smallest absolute Gasteiger partial charge is 0.406 e. The maximum Gasteiger partial charge on any atom is 0.573 e. The third-order valence-corrected chi connectivity index (χ3v) is 7.85. The average molecular weight is 655 g/mol. The highest BCUT2D eigenvalue weighted by Gasteiger charge is 2.31. The normalized spacial score (nSPS) is 13.9. The highest BCUT2D eigenvalue weighted by Crippen LogP contribution is 2.29. The molecule has 1 aromatic carbocycles. The maximum absolute atomic E-state index is 12.4. The summed E-state index contributed by atoms with van der Waals surface area (Å²) in [6.07, 6.45) is -0.210. The minimum atomic E-state index is -4.78. The molecule has 0 saturated carbocycles. The highest BCUT2D eigenvalue weighted by molar-refractivity contribution is 7.19. The Morgan fingerprint density at radius 1 is 0.884 bits per heavy atom. The van der Waals surface area contributed by atoms with Gasteiger partial charge in [-0.1, -0.05) is 34.8 Å². The lowest BCUT2D eigenvalue weighted by Gasteiger charge is -2.31. The van der Waals surface area contributed by atoms with Crippen molar-refractivity contribution in [2.75, 3.05) is 33.9 Å². The van der Waals surface area contributed by atoms with Gasteiger partial charge in [0, 0.05) is 31.5 Å². The van der Waals surface area contributed by atoms with Crippen LogP contribution in [0.15, 0.2) is 36.7 Å². The minimum Gasteiger partial charge on any atom is -0.406 e. The van der Waals surface area contributed by atoms with Crippen LogP contribution in [-0.4, -0.2) is 67.7 Å². The number of ether oxygens (including phenoxy) is 1. The molecule has 0 atom stereocenters. The van der Waals surface area contributed by atoms with Crippen LogP contribution in [0.25, 0.3) is 0 Å². The molecule has 13 nitrogen and oxygen atoms in total. The lowest BCUT2D eigenvalue weighted by atomic mass is 10.1. The van der Waals surface area contributed by atoms with Gasteiger partial charge in [0.2, 0.25) is 37.6 Å². The molecule has 0 unspecified atom stereocenters. The molecule has 0 bridgehead atoms. The number of carbonyl (C=O) groups is 2. The molecule has 3 aromatic heterocycles. The molecule has 5 rings (SSSR count). The van der Waals surface area contributed by atoms with E-state index in [1.54, 1.807) is 0 Å². The van der Waals surface area contributed by atoms with E-state index >= 15 is 0 Å². The van der Waals surface area contributed by atoms with Crippen molar-refractivity contribution in [3.8, 4) is 5.75 Å². The molecule has 1 aliphatic rings. The van der Waals surface area contributed by atoms with Crippen molar-refractivity contribution < 1.29 is 27.5 Å². The summed E-state index contributed by atoms with van der Waals surface area (Å²) in [5.74, 6) is -1.01. The molecule has 3 N–H and O–H groups in total. The van der Waals surface area contributed by atoms with Gasteiger partial charge in [-0.05, 0) is 47.7 Å². The number of hydrogen-bond donors (Lipinski definition) is 3. The third kappa shape index (κ3) is 9.16. The summed E-state index contributed by atoms with van der Waals surface area (Å²) in [5.41, 5.74) is 1.14. The van der Waals surface area contributed by atoms with Crippen LogP contribution in [0.5, 0.6) is 5.75 Å². The SMILES string of the molecule is O=C(Cc1cnc(Cl)nc1)Nc1nnc(NC2CCN(c3nnc(NC(=O)Cc4ccc(OC(F)(F)F)cc4)s3)CC2)s1. The molecule has 0 radical (unpaired) electrons. The fourth-order valence-electron chi connectivity index (χ4n) is 4.05. The molecule has 226 valence electrons. The molecule has 4 aromatic rings. The van der Waals surface area contributed by atoms with Gasteiger partial charge in [-0.15, -0.1) is 33.6 Å². The number of rotatable bonds is 10. The molecule has 19 heteroatoms. The number of nitrogens with one attached hydrogen (secondary N) is 3. The number of piperidine rings is 1. The summed E-state index contributed by atoms with van der Waals surface area (Å²) >= 11 is 8.13. The van der Waals surface area contributed by atoms with Gasteiger partial charge in [0.25, 0.3) is 0 Å². The Kier molecular flexibility index (Phi) is 9.46. The van der Waals surface area contributed by atoms with Crippen molar-refractivity contribution in [2.45, 2.75) is 38.1 Å². The van der Waals surface area contributed by atoms with E-state index in [0.717, 1.165) is 25.0 Å². The van der Waals surface area contributed by atoms with Crippen LogP contribution in [0.3, 0.4) is 0 Å². The number of nitrogens with zero attached hydrogens (tertiary/aromatic N) is 7. The average Bonchev–Trinajstić information content (AvgIpc) is 3.60. The van der Waals surface area contributed by atoms with Crippen LogP contribution in [0.1, 0.15) is 24.0 Å². The number of hydrogen-bond acceptors (Lipinski definition) is 13. The summed E-state index contributed by atoms with van der Waals surface area (Å²) in [4.78, 5) is 34.5. The van der Waals surface area contributed by atoms with Crippen LogP contribution in [-0.2, 0) is 22.4 Å².